The Morgan fingerprint density at radius 2 is 1.57 bits per heavy atom. The molecule has 4 aliphatic carbocycles. The van der Waals surface area contributed by atoms with E-state index in [4.69, 9.17) is 0 Å². The molecule has 1 aromatic heterocycles. The van der Waals surface area contributed by atoms with E-state index in [1.54, 1.807) is 49.1 Å². The van der Waals surface area contributed by atoms with Crippen molar-refractivity contribution in [1.82, 2.24) is 30.2 Å². The van der Waals surface area contributed by atoms with Crippen molar-refractivity contribution in [3.05, 3.63) is 47.5 Å². The summed E-state index contributed by atoms with van der Waals surface area (Å²) in [5.74, 6) is 1.20. The number of aromatic nitrogens is 2. The largest absolute Gasteiger partial charge is 0.344 e. The summed E-state index contributed by atoms with van der Waals surface area (Å²) in [6.45, 7) is 4.68. The summed E-state index contributed by atoms with van der Waals surface area (Å²) >= 11 is 0. The third kappa shape index (κ3) is 10.1. The fourth-order valence-corrected chi connectivity index (χ4v) is 6.86. The number of carbonyl (C=O) groups is 4. The quantitative estimate of drug-likeness (QED) is 0.279. The molecule has 1 saturated heterocycles. The van der Waals surface area contributed by atoms with Crippen LogP contribution in [0, 0.1) is 35.4 Å². The summed E-state index contributed by atoms with van der Waals surface area (Å²) in [6.07, 6.45) is 13.6. The van der Waals surface area contributed by atoms with Gasteiger partial charge in [-0.15, -0.1) is 0 Å². The second-order valence-corrected chi connectivity index (χ2v) is 14.8. The number of aryl methyl sites for hydroxylation is 1. The minimum Gasteiger partial charge on any atom is -0.344 e. The number of hydrogen-bond acceptors (Lipinski definition) is 6. The van der Waals surface area contributed by atoms with E-state index in [0.717, 1.165) is 38.8 Å². The monoisotopic (exact) mass is 677 g/mol. The van der Waals surface area contributed by atoms with Gasteiger partial charge in [0.2, 0.25) is 17.7 Å². The first-order valence-electron chi connectivity index (χ1n) is 18.3. The number of nitrogens with one attached hydrogen (secondary N) is 3. The van der Waals surface area contributed by atoms with Gasteiger partial charge in [-0.2, -0.15) is 5.10 Å². The SMILES string of the molecule is C1CC1CC1CC1.CCn1nccc1C(=O)NCC(=O)Nc1ccc(CC(NC(=O)C(C2CC2)C2CC2)C(=O)N2CCN(C)CC2)cc1F. The van der Waals surface area contributed by atoms with Crippen LogP contribution < -0.4 is 16.0 Å². The van der Waals surface area contributed by atoms with Crippen molar-refractivity contribution in [3.63, 3.8) is 0 Å². The molecular weight excluding hydrogens is 625 g/mol. The Hall–Kier alpha value is -3.80. The van der Waals surface area contributed by atoms with Gasteiger partial charge in [-0.05, 0) is 93.5 Å². The first-order chi connectivity index (χ1) is 23.7. The van der Waals surface area contributed by atoms with E-state index in [1.165, 1.54) is 34.8 Å². The van der Waals surface area contributed by atoms with E-state index in [0.29, 0.717) is 42.7 Å². The lowest BCUT2D eigenvalue weighted by molar-refractivity contribution is -0.139. The minimum absolute atomic E-state index is 0.0369. The number of amides is 4. The van der Waals surface area contributed by atoms with Crippen molar-refractivity contribution < 1.29 is 23.6 Å². The lowest BCUT2D eigenvalue weighted by atomic mass is 9.95. The lowest BCUT2D eigenvalue weighted by Crippen LogP contribution is -2.55. The average Bonchev–Trinajstić information content (AvgIpc) is 3.85. The van der Waals surface area contributed by atoms with E-state index in [9.17, 15) is 19.2 Å². The maximum atomic E-state index is 15.1. The molecule has 5 aliphatic rings. The number of hydrogen-bond donors (Lipinski definition) is 3. The summed E-state index contributed by atoms with van der Waals surface area (Å²) in [5.41, 5.74) is 0.827. The topological polar surface area (TPSA) is 129 Å². The normalized spacial score (nSPS) is 19.9. The molecule has 5 fully saturated rings. The van der Waals surface area contributed by atoms with Gasteiger partial charge < -0.3 is 25.8 Å². The molecule has 2 heterocycles. The summed E-state index contributed by atoms with van der Waals surface area (Å²) in [4.78, 5) is 55.7. The first-order valence-corrected chi connectivity index (χ1v) is 18.3. The van der Waals surface area contributed by atoms with Crippen LogP contribution >= 0.6 is 0 Å². The molecule has 1 atom stereocenters. The van der Waals surface area contributed by atoms with Crippen LogP contribution in [-0.2, 0) is 27.3 Å². The zero-order chi connectivity index (χ0) is 34.5. The summed E-state index contributed by atoms with van der Waals surface area (Å²) in [7, 11) is 2.01. The lowest BCUT2D eigenvalue weighted by Gasteiger charge is -2.35. The van der Waals surface area contributed by atoms with Gasteiger partial charge >= 0.3 is 0 Å². The maximum Gasteiger partial charge on any atom is 0.269 e. The van der Waals surface area contributed by atoms with Gasteiger partial charge in [0.1, 0.15) is 17.6 Å². The van der Waals surface area contributed by atoms with Crippen molar-refractivity contribution in [3.8, 4) is 0 Å². The van der Waals surface area contributed by atoms with E-state index in [2.05, 4.69) is 25.9 Å². The molecule has 0 radical (unpaired) electrons. The van der Waals surface area contributed by atoms with Gasteiger partial charge in [-0.3, -0.25) is 23.9 Å². The molecule has 4 amide bonds. The Labute approximate surface area is 288 Å². The number of benzene rings is 1. The van der Waals surface area contributed by atoms with E-state index < -0.39 is 23.7 Å². The molecule has 0 spiro atoms. The van der Waals surface area contributed by atoms with Gasteiger partial charge in [0.15, 0.2) is 0 Å². The van der Waals surface area contributed by atoms with Gasteiger partial charge in [0.25, 0.3) is 5.91 Å². The van der Waals surface area contributed by atoms with Crippen LogP contribution in [0.25, 0.3) is 0 Å². The molecule has 1 aliphatic heterocycles. The minimum atomic E-state index is -0.799. The van der Waals surface area contributed by atoms with Crippen LogP contribution in [0.4, 0.5) is 10.1 Å². The number of nitrogens with zero attached hydrogens (tertiary/aromatic N) is 4. The second kappa shape index (κ2) is 15.8. The fourth-order valence-electron chi connectivity index (χ4n) is 6.86. The molecule has 12 heteroatoms. The highest BCUT2D eigenvalue weighted by Crippen LogP contribution is 2.49. The van der Waals surface area contributed by atoms with E-state index in [-0.39, 0.29) is 36.4 Å². The third-order valence-electron chi connectivity index (χ3n) is 10.5. The third-order valence-corrected chi connectivity index (χ3v) is 10.5. The predicted octanol–water partition coefficient (Wildman–Crippen LogP) is 3.84. The van der Waals surface area contributed by atoms with Crippen LogP contribution in [0.15, 0.2) is 30.5 Å². The maximum absolute atomic E-state index is 15.1. The first kappa shape index (κ1) is 35.0. The molecule has 7 rings (SSSR count). The van der Waals surface area contributed by atoms with Crippen LogP contribution in [-0.4, -0.2) is 89.0 Å². The van der Waals surface area contributed by atoms with Gasteiger partial charge in [-0.25, -0.2) is 4.39 Å². The Balaban J connectivity index is 0.000000522. The van der Waals surface area contributed by atoms with Crippen molar-refractivity contribution in [2.75, 3.05) is 45.1 Å². The average molecular weight is 678 g/mol. The Morgan fingerprint density at radius 1 is 0.918 bits per heavy atom. The van der Waals surface area contributed by atoms with Crippen molar-refractivity contribution in [2.45, 2.75) is 83.7 Å². The van der Waals surface area contributed by atoms with Crippen molar-refractivity contribution in [2.24, 2.45) is 29.6 Å². The van der Waals surface area contributed by atoms with Crippen LogP contribution in [0.1, 0.15) is 80.8 Å². The highest BCUT2D eigenvalue weighted by Gasteiger charge is 2.46. The molecule has 266 valence electrons. The van der Waals surface area contributed by atoms with Gasteiger partial charge in [-0.1, -0.05) is 31.7 Å². The second-order valence-electron chi connectivity index (χ2n) is 14.8. The summed E-state index contributed by atoms with van der Waals surface area (Å²) < 4.78 is 16.6. The number of anilines is 1. The van der Waals surface area contributed by atoms with Crippen molar-refractivity contribution >= 4 is 29.3 Å². The molecular formula is C37H52FN7O4. The summed E-state index contributed by atoms with van der Waals surface area (Å²) in [6, 6.07) is 5.12. The number of carbonyl (C=O) groups excluding carboxylic acids is 4. The molecule has 3 N–H and O–H groups in total. The molecule has 11 nitrogen and oxygen atoms in total. The smallest absolute Gasteiger partial charge is 0.269 e. The van der Waals surface area contributed by atoms with Crippen LogP contribution in [0.3, 0.4) is 0 Å². The molecule has 49 heavy (non-hydrogen) atoms. The highest BCUT2D eigenvalue weighted by molar-refractivity contribution is 5.98. The van der Waals surface area contributed by atoms with Crippen LogP contribution in [0.5, 0.6) is 0 Å². The molecule has 1 aromatic carbocycles. The van der Waals surface area contributed by atoms with Crippen molar-refractivity contribution in [1.29, 1.82) is 0 Å². The number of halogens is 1. The summed E-state index contributed by atoms with van der Waals surface area (Å²) in [5, 5.41) is 12.1. The molecule has 1 unspecified atom stereocenters. The number of piperazine rings is 1. The van der Waals surface area contributed by atoms with Gasteiger partial charge in [0, 0.05) is 51.3 Å². The number of rotatable bonds is 14. The molecule has 4 saturated carbocycles. The molecule has 0 bridgehead atoms. The highest BCUT2D eigenvalue weighted by atomic mass is 19.1. The Morgan fingerprint density at radius 3 is 2.14 bits per heavy atom. The van der Waals surface area contributed by atoms with Crippen LogP contribution in [0.2, 0.25) is 0 Å². The Bertz CT molecular complexity index is 1470. The number of likely N-dealkylation sites (N-methyl/N-ethyl adjacent to an activating group) is 1. The van der Waals surface area contributed by atoms with Gasteiger partial charge in [0.05, 0.1) is 12.2 Å². The van der Waals surface area contributed by atoms with E-state index in [1.807, 2.05) is 14.0 Å². The van der Waals surface area contributed by atoms with E-state index >= 15 is 4.39 Å². The Kier molecular flexibility index (Phi) is 11.3. The fraction of sp³-hybridized carbons (Fsp3) is 0.649. The zero-order valence-electron chi connectivity index (χ0n) is 29.0. The standard InChI is InChI=1S/C30H40FN7O4.C7H12/c1-3-38-25(10-11-33-38)28(40)32-18-26(39)34-23-9-4-19(16-22(23)31)17-24(30(42)37-14-12-36(2)13-15-37)35-29(41)27(20-5-6-20)21-7-8-21;1-2-6(1)5-7-3-4-7/h4,9-11,16,20-21,24,27H,3,5-8,12-15,17-18H2,1-2H3,(H,32,40)(H,34,39)(H,35,41);6-7H,1-5H2. The zero-order valence-corrected chi connectivity index (χ0v) is 29.0. The predicted molar refractivity (Wildman–Crippen MR) is 184 cm³/mol. The molecule has 2 aromatic rings.